The number of hydrogen-bond donors (Lipinski definition) is 1. The van der Waals surface area contributed by atoms with Gasteiger partial charge in [-0.15, -0.1) is 0 Å². The first kappa shape index (κ1) is 17.0. The van der Waals surface area contributed by atoms with Gasteiger partial charge in [-0.2, -0.15) is 0 Å². The largest absolute Gasteiger partial charge is 0.396 e. The summed E-state index contributed by atoms with van der Waals surface area (Å²) in [5.41, 5.74) is 2.10. The molecule has 0 unspecified atom stereocenters. The van der Waals surface area contributed by atoms with Crippen LogP contribution in [0.3, 0.4) is 0 Å². The van der Waals surface area contributed by atoms with Crippen molar-refractivity contribution < 1.29 is 9.90 Å². The van der Waals surface area contributed by atoms with Crippen molar-refractivity contribution in [2.75, 3.05) is 34.3 Å². The maximum Gasteiger partial charge on any atom is 0.244 e. The van der Waals surface area contributed by atoms with E-state index in [4.69, 9.17) is 0 Å². The summed E-state index contributed by atoms with van der Waals surface area (Å²) < 4.78 is 0. The predicted molar refractivity (Wildman–Crippen MR) is 88.6 cm³/mol. The molecule has 1 N–H and O–H groups in total. The Labute approximate surface area is 133 Å². The van der Waals surface area contributed by atoms with Gasteiger partial charge in [-0.1, -0.05) is 36.2 Å². The van der Waals surface area contributed by atoms with E-state index in [1.54, 1.807) is 4.90 Å². The zero-order valence-corrected chi connectivity index (χ0v) is 14.2. The van der Waals surface area contributed by atoms with E-state index >= 15 is 0 Å². The molecule has 1 amide bonds. The molecule has 0 heterocycles. The molecule has 0 aromatic heterocycles. The number of aliphatic hydroxyl groups excluding tert-OH is 1. The lowest BCUT2D eigenvalue weighted by Gasteiger charge is -2.43. The molecule has 0 radical (unpaired) electrons. The van der Waals surface area contributed by atoms with Crippen LogP contribution in [-0.2, 0) is 4.79 Å². The monoisotopic (exact) mass is 304 g/mol. The van der Waals surface area contributed by atoms with Crippen molar-refractivity contribution in [1.82, 2.24) is 9.80 Å². The van der Waals surface area contributed by atoms with Gasteiger partial charge < -0.3 is 10.0 Å². The normalized spacial score (nSPS) is 17.9. The Morgan fingerprint density at radius 1 is 1.32 bits per heavy atom. The fourth-order valence-corrected chi connectivity index (χ4v) is 3.33. The van der Waals surface area contributed by atoms with E-state index in [0.717, 1.165) is 30.4 Å². The molecule has 4 heteroatoms. The van der Waals surface area contributed by atoms with Gasteiger partial charge in [0.15, 0.2) is 0 Å². The lowest BCUT2D eigenvalue weighted by atomic mass is 9.69. The number of benzene rings is 1. The molecule has 1 aliphatic carbocycles. The third-order valence-corrected chi connectivity index (χ3v) is 4.81. The Morgan fingerprint density at radius 3 is 2.45 bits per heavy atom. The van der Waals surface area contributed by atoms with Gasteiger partial charge in [0.1, 0.15) is 6.04 Å². The van der Waals surface area contributed by atoms with Crippen molar-refractivity contribution >= 4 is 5.91 Å². The number of carbonyl (C=O) groups is 1. The number of aliphatic hydroxyl groups is 1. The van der Waals surface area contributed by atoms with Crippen LogP contribution in [0.1, 0.15) is 36.4 Å². The Kier molecular flexibility index (Phi) is 5.24. The van der Waals surface area contributed by atoms with Gasteiger partial charge in [-0.05, 0) is 39.4 Å². The number of hydrogen-bond acceptors (Lipinski definition) is 3. The Balaban J connectivity index is 2.16. The van der Waals surface area contributed by atoms with Crippen LogP contribution in [0.25, 0.3) is 0 Å². The van der Waals surface area contributed by atoms with Crippen LogP contribution >= 0.6 is 0 Å². The molecule has 0 aliphatic heterocycles. The number of amides is 1. The number of aryl methyl sites for hydroxylation is 1. The highest BCUT2D eigenvalue weighted by molar-refractivity contribution is 5.83. The standard InChI is InChI=1S/C18H28N2O2/c1-14-7-5-8-15(11-14)16(19(2)3)17(22)20(4)12-18(13-21)9-6-10-18/h5,7-8,11,16,21H,6,9-10,12-13H2,1-4H3/t16-/m1/s1. The van der Waals surface area contributed by atoms with Gasteiger partial charge in [0.25, 0.3) is 0 Å². The summed E-state index contributed by atoms with van der Waals surface area (Å²) in [6, 6.07) is 7.84. The van der Waals surface area contributed by atoms with Gasteiger partial charge in [-0.25, -0.2) is 0 Å². The van der Waals surface area contributed by atoms with Crippen LogP contribution in [0.5, 0.6) is 0 Å². The van der Waals surface area contributed by atoms with Crippen molar-refractivity contribution in [3.63, 3.8) is 0 Å². The number of likely N-dealkylation sites (N-methyl/N-ethyl adjacent to an activating group) is 2. The predicted octanol–water partition coefficient (Wildman–Crippen LogP) is 2.22. The minimum atomic E-state index is -0.277. The highest BCUT2D eigenvalue weighted by Crippen LogP contribution is 2.41. The molecule has 1 saturated carbocycles. The molecule has 1 aliphatic rings. The molecule has 0 saturated heterocycles. The zero-order valence-electron chi connectivity index (χ0n) is 14.2. The SMILES string of the molecule is Cc1cccc([C@H](C(=O)N(C)CC2(CO)CCC2)N(C)C)c1. The molecular formula is C18H28N2O2. The second kappa shape index (κ2) is 6.80. The highest BCUT2D eigenvalue weighted by atomic mass is 16.3. The van der Waals surface area contributed by atoms with Crippen molar-refractivity contribution in [3.05, 3.63) is 35.4 Å². The van der Waals surface area contributed by atoms with Gasteiger partial charge in [0, 0.05) is 19.0 Å². The van der Waals surface area contributed by atoms with E-state index in [1.807, 2.05) is 51.2 Å². The molecule has 4 nitrogen and oxygen atoms in total. The van der Waals surface area contributed by atoms with Crippen LogP contribution in [0.15, 0.2) is 24.3 Å². The molecule has 1 fully saturated rings. The average molecular weight is 304 g/mol. The van der Waals surface area contributed by atoms with E-state index in [-0.39, 0.29) is 24.0 Å². The second-order valence-corrected chi connectivity index (χ2v) is 6.99. The Morgan fingerprint density at radius 2 is 2.00 bits per heavy atom. The van der Waals surface area contributed by atoms with Crippen LogP contribution in [0.2, 0.25) is 0 Å². The average Bonchev–Trinajstić information content (AvgIpc) is 2.42. The first-order chi connectivity index (χ1) is 10.4. The number of nitrogens with zero attached hydrogens (tertiary/aromatic N) is 2. The smallest absolute Gasteiger partial charge is 0.244 e. The molecule has 2 rings (SSSR count). The third-order valence-electron chi connectivity index (χ3n) is 4.81. The van der Waals surface area contributed by atoms with Crippen LogP contribution < -0.4 is 0 Å². The van der Waals surface area contributed by atoms with Gasteiger partial charge >= 0.3 is 0 Å². The molecule has 1 atom stereocenters. The maximum absolute atomic E-state index is 12.9. The summed E-state index contributed by atoms with van der Waals surface area (Å²) in [5, 5.41) is 9.62. The van der Waals surface area contributed by atoms with E-state index in [9.17, 15) is 9.90 Å². The highest BCUT2D eigenvalue weighted by Gasteiger charge is 2.39. The molecule has 1 aromatic rings. The summed E-state index contributed by atoms with van der Waals surface area (Å²) in [7, 11) is 5.72. The van der Waals surface area contributed by atoms with E-state index in [2.05, 4.69) is 6.07 Å². The van der Waals surface area contributed by atoms with Gasteiger partial charge in [0.05, 0.1) is 6.61 Å². The second-order valence-electron chi connectivity index (χ2n) is 6.99. The summed E-state index contributed by atoms with van der Waals surface area (Å²) >= 11 is 0. The first-order valence-electron chi connectivity index (χ1n) is 7.97. The van der Waals surface area contributed by atoms with Crippen LogP contribution in [0.4, 0.5) is 0 Å². The lowest BCUT2D eigenvalue weighted by Crippen LogP contribution is -2.48. The number of carbonyl (C=O) groups excluding carboxylic acids is 1. The van der Waals surface area contributed by atoms with Crippen LogP contribution in [0, 0.1) is 12.3 Å². The Hall–Kier alpha value is -1.39. The summed E-state index contributed by atoms with van der Waals surface area (Å²) in [4.78, 5) is 16.7. The summed E-state index contributed by atoms with van der Waals surface area (Å²) in [6.07, 6.45) is 3.17. The molecule has 0 bridgehead atoms. The summed E-state index contributed by atoms with van der Waals surface area (Å²) in [5.74, 6) is 0.0929. The molecule has 122 valence electrons. The van der Waals surface area contributed by atoms with Crippen molar-refractivity contribution in [3.8, 4) is 0 Å². The van der Waals surface area contributed by atoms with Crippen molar-refractivity contribution in [1.29, 1.82) is 0 Å². The maximum atomic E-state index is 12.9. The fraction of sp³-hybridized carbons (Fsp3) is 0.611. The van der Waals surface area contributed by atoms with Crippen molar-refractivity contribution in [2.45, 2.75) is 32.2 Å². The van der Waals surface area contributed by atoms with E-state index in [1.165, 1.54) is 0 Å². The van der Waals surface area contributed by atoms with Crippen LogP contribution in [-0.4, -0.2) is 55.1 Å². The molecule has 0 spiro atoms. The first-order valence-corrected chi connectivity index (χ1v) is 7.97. The van der Waals surface area contributed by atoms with E-state index < -0.39 is 0 Å². The minimum Gasteiger partial charge on any atom is -0.396 e. The fourth-order valence-electron chi connectivity index (χ4n) is 3.33. The summed E-state index contributed by atoms with van der Waals surface area (Å²) in [6.45, 7) is 2.85. The molecular weight excluding hydrogens is 276 g/mol. The zero-order chi connectivity index (χ0) is 16.3. The Bertz CT molecular complexity index is 518. The minimum absolute atomic E-state index is 0.0755. The van der Waals surface area contributed by atoms with E-state index in [0.29, 0.717) is 6.54 Å². The molecule has 22 heavy (non-hydrogen) atoms. The quantitative estimate of drug-likeness (QED) is 0.876. The lowest BCUT2D eigenvalue weighted by molar-refractivity contribution is -0.138. The molecule has 1 aromatic carbocycles. The number of rotatable bonds is 6. The van der Waals surface area contributed by atoms with Gasteiger partial charge in [0.2, 0.25) is 5.91 Å². The topological polar surface area (TPSA) is 43.8 Å². The third kappa shape index (κ3) is 3.50. The van der Waals surface area contributed by atoms with Crippen molar-refractivity contribution in [2.24, 2.45) is 5.41 Å². The van der Waals surface area contributed by atoms with Gasteiger partial charge in [-0.3, -0.25) is 9.69 Å².